The van der Waals surface area contributed by atoms with Crippen LogP contribution in [0.5, 0.6) is 0 Å². The summed E-state index contributed by atoms with van der Waals surface area (Å²) in [6.07, 6.45) is 3.51. The molecule has 1 fully saturated rings. The van der Waals surface area contributed by atoms with Crippen molar-refractivity contribution in [3.8, 4) is 0 Å². The largest absolute Gasteiger partial charge is 0.378 e. The molecular formula is C15H20FNOS. The lowest BCUT2D eigenvalue weighted by Gasteiger charge is -2.34. The first kappa shape index (κ1) is 13.4. The van der Waals surface area contributed by atoms with Crippen molar-refractivity contribution in [2.24, 2.45) is 0 Å². The Hall–Kier alpha value is -0.580. The monoisotopic (exact) mass is 281 g/mol. The summed E-state index contributed by atoms with van der Waals surface area (Å²) in [6, 6.07) is 6.23. The van der Waals surface area contributed by atoms with Gasteiger partial charge in [0, 0.05) is 23.6 Å². The minimum atomic E-state index is -0.0747. The number of halogens is 1. The highest BCUT2D eigenvalue weighted by Crippen LogP contribution is 2.38. The maximum absolute atomic E-state index is 13.8. The van der Waals surface area contributed by atoms with Gasteiger partial charge in [-0.1, -0.05) is 12.1 Å². The second-order valence-electron chi connectivity index (χ2n) is 5.42. The third-order valence-electron chi connectivity index (χ3n) is 3.95. The van der Waals surface area contributed by atoms with Crippen LogP contribution in [0.1, 0.15) is 37.8 Å². The van der Waals surface area contributed by atoms with Crippen LogP contribution in [-0.4, -0.2) is 24.5 Å². The summed E-state index contributed by atoms with van der Waals surface area (Å²) in [5, 5.41) is 3.71. The van der Waals surface area contributed by atoms with Gasteiger partial charge in [-0.05, 0) is 43.6 Å². The van der Waals surface area contributed by atoms with E-state index in [0.717, 1.165) is 42.1 Å². The summed E-state index contributed by atoms with van der Waals surface area (Å²) >= 11 is 1.64. The van der Waals surface area contributed by atoms with Crippen LogP contribution in [0.15, 0.2) is 23.1 Å². The normalized spacial score (nSPS) is 30.9. The summed E-state index contributed by atoms with van der Waals surface area (Å²) in [5.41, 5.74) is 1.13. The maximum atomic E-state index is 13.8. The fourth-order valence-electron chi connectivity index (χ4n) is 2.99. The summed E-state index contributed by atoms with van der Waals surface area (Å²) in [7, 11) is 0. The molecule has 0 spiro atoms. The number of hydrogen-bond donors (Lipinski definition) is 1. The van der Waals surface area contributed by atoms with Gasteiger partial charge in [0.05, 0.1) is 6.10 Å². The Morgan fingerprint density at radius 2 is 2.26 bits per heavy atom. The molecule has 3 atom stereocenters. The molecule has 1 aromatic rings. The van der Waals surface area contributed by atoms with E-state index in [2.05, 4.69) is 18.3 Å². The average Bonchev–Trinajstić information content (AvgIpc) is 2.40. The van der Waals surface area contributed by atoms with Crippen molar-refractivity contribution in [3.63, 3.8) is 0 Å². The molecule has 0 saturated carbocycles. The number of rotatable bonds is 2. The van der Waals surface area contributed by atoms with E-state index in [4.69, 9.17) is 4.74 Å². The Morgan fingerprint density at radius 1 is 1.37 bits per heavy atom. The molecule has 1 N–H and O–H groups in total. The fraction of sp³-hybridized carbons (Fsp3) is 0.600. The van der Waals surface area contributed by atoms with Crippen molar-refractivity contribution in [1.82, 2.24) is 5.32 Å². The van der Waals surface area contributed by atoms with Crippen LogP contribution in [0.4, 0.5) is 4.39 Å². The highest BCUT2D eigenvalue weighted by Gasteiger charge is 2.27. The molecule has 4 heteroatoms. The first-order chi connectivity index (χ1) is 9.24. The van der Waals surface area contributed by atoms with Crippen LogP contribution in [-0.2, 0) is 4.74 Å². The molecule has 3 unspecified atom stereocenters. The van der Waals surface area contributed by atoms with Crippen LogP contribution in [0.2, 0.25) is 0 Å². The summed E-state index contributed by atoms with van der Waals surface area (Å²) in [4.78, 5) is 0.839. The Balaban J connectivity index is 1.74. The lowest BCUT2D eigenvalue weighted by molar-refractivity contribution is 0.0110. The molecule has 0 amide bonds. The van der Waals surface area contributed by atoms with Gasteiger partial charge in [-0.25, -0.2) is 4.39 Å². The zero-order valence-electron chi connectivity index (χ0n) is 11.2. The Morgan fingerprint density at radius 3 is 3.11 bits per heavy atom. The maximum Gasteiger partial charge on any atom is 0.137 e. The van der Waals surface area contributed by atoms with Gasteiger partial charge in [0.2, 0.25) is 0 Å². The van der Waals surface area contributed by atoms with E-state index in [-0.39, 0.29) is 5.82 Å². The Labute approximate surface area is 118 Å². The molecule has 0 bridgehead atoms. The molecule has 1 saturated heterocycles. The molecule has 0 aliphatic carbocycles. The van der Waals surface area contributed by atoms with Crippen molar-refractivity contribution < 1.29 is 9.13 Å². The molecule has 2 aliphatic rings. The van der Waals surface area contributed by atoms with Crippen LogP contribution in [0.25, 0.3) is 0 Å². The highest BCUT2D eigenvalue weighted by molar-refractivity contribution is 7.99. The molecule has 3 rings (SSSR count). The lowest BCUT2D eigenvalue weighted by Crippen LogP contribution is -2.40. The van der Waals surface area contributed by atoms with Gasteiger partial charge in [-0.2, -0.15) is 0 Å². The van der Waals surface area contributed by atoms with Gasteiger partial charge in [-0.15, -0.1) is 11.8 Å². The van der Waals surface area contributed by atoms with E-state index < -0.39 is 0 Å². The molecule has 1 aromatic carbocycles. The van der Waals surface area contributed by atoms with E-state index in [0.29, 0.717) is 18.2 Å². The van der Waals surface area contributed by atoms with Crippen LogP contribution < -0.4 is 5.32 Å². The van der Waals surface area contributed by atoms with Gasteiger partial charge in [0.15, 0.2) is 0 Å². The number of hydrogen-bond acceptors (Lipinski definition) is 3. The summed E-state index contributed by atoms with van der Waals surface area (Å²) in [6.45, 7) is 2.95. The van der Waals surface area contributed by atoms with E-state index in [1.165, 1.54) is 0 Å². The molecular weight excluding hydrogens is 261 g/mol. The minimum Gasteiger partial charge on any atom is -0.378 e. The molecule has 2 heterocycles. The predicted molar refractivity (Wildman–Crippen MR) is 76.1 cm³/mol. The number of benzene rings is 1. The van der Waals surface area contributed by atoms with Crippen LogP contribution >= 0.6 is 11.8 Å². The molecule has 0 radical (unpaired) electrons. The molecule has 2 aliphatic heterocycles. The van der Waals surface area contributed by atoms with Crippen molar-refractivity contribution >= 4 is 11.8 Å². The standard InChI is InChI=1S/C15H20FNOS/c1-10-9-11(5-7-18-10)17-14-6-8-19-15-12(14)3-2-4-13(15)16/h2-4,10-11,14,17H,5-9H2,1H3. The predicted octanol–water partition coefficient (Wildman–Crippen LogP) is 3.52. The zero-order valence-corrected chi connectivity index (χ0v) is 12.0. The van der Waals surface area contributed by atoms with Gasteiger partial charge in [0.1, 0.15) is 5.82 Å². The van der Waals surface area contributed by atoms with Crippen LogP contribution in [0, 0.1) is 5.82 Å². The van der Waals surface area contributed by atoms with Crippen molar-refractivity contribution in [2.75, 3.05) is 12.4 Å². The van der Waals surface area contributed by atoms with Gasteiger partial charge in [0.25, 0.3) is 0 Å². The summed E-state index contributed by atoms with van der Waals surface area (Å²) in [5.74, 6) is 0.916. The Kier molecular flexibility index (Phi) is 4.10. The zero-order chi connectivity index (χ0) is 13.2. The van der Waals surface area contributed by atoms with Crippen LogP contribution in [0.3, 0.4) is 0 Å². The highest BCUT2D eigenvalue weighted by atomic mass is 32.2. The molecule has 2 nitrogen and oxygen atoms in total. The van der Waals surface area contributed by atoms with Gasteiger partial charge >= 0.3 is 0 Å². The SMILES string of the molecule is CC1CC(NC2CCSc3c(F)cccc32)CCO1. The van der Waals surface area contributed by atoms with E-state index in [1.54, 1.807) is 17.8 Å². The topological polar surface area (TPSA) is 21.3 Å². The summed E-state index contributed by atoms with van der Waals surface area (Å²) < 4.78 is 19.4. The smallest absolute Gasteiger partial charge is 0.137 e. The number of thioether (sulfide) groups is 1. The van der Waals surface area contributed by atoms with E-state index >= 15 is 0 Å². The minimum absolute atomic E-state index is 0.0747. The van der Waals surface area contributed by atoms with Gasteiger partial charge < -0.3 is 10.1 Å². The number of nitrogens with one attached hydrogen (secondary N) is 1. The first-order valence-electron chi connectivity index (χ1n) is 7.03. The quantitative estimate of drug-likeness (QED) is 0.896. The third kappa shape index (κ3) is 2.96. The molecule has 0 aromatic heterocycles. The van der Waals surface area contributed by atoms with E-state index in [9.17, 15) is 4.39 Å². The Bertz CT molecular complexity index is 454. The average molecular weight is 281 g/mol. The second-order valence-corrected chi connectivity index (χ2v) is 6.52. The van der Waals surface area contributed by atoms with E-state index in [1.807, 2.05) is 6.07 Å². The van der Waals surface area contributed by atoms with Gasteiger partial charge in [-0.3, -0.25) is 0 Å². The second kappa shape index (κ2) is 5.81. The number of fused-ring (bicyclic) bond motifs is 1. The van der Waals surface area contributed by atoms with Crippen molar-refractivity contribution in [3.05, 3.63) is 29.6 Å². The fourth-order valence-corrected chi connectivity index (χ4v) is 4.13. The number of ether oxygens (including phenoxy) is 1. The van der Waals surface area contributed by atoms with Crippen molar-refractivity contribution in [2.45, 2.75) is 49.3 Å². The first-order valence-corrected chi connectivity index (χ1v) is 8.01. The van der Waals surface area contributed by atoms with Crippen molar-refractivity contribution in [1.29, 1.82) is 0 Å². The lowest BCUT2D eigenvalue weighted by atomic mass is 9.98. The third-order valence-corrected chi connectivity index (χ3v) is 5.11. The molecule has 104 valence electrons. The molecule has 19 heavy (non-hydrogen) atoms.